The van der Waals surface area contributed by atoms with Crippen molar-refractivity contribution in [3.63, 3.8) is 0 Å². The Morgan fingerprint density at radius 1 is 1.00 bits per heavy atom. The van der Waals surface area contributed by atoms with Crippen molar-refractivity contribution in [3.05, 3.63) is 94.1 Å². The zero-order chi connectivity index (χ0) is 18.1. The molecule has 0 atom stereocenters. The standard InChI is InChI=1S/C22H16BrO3.CH3.U/c1-2-14-5-9-18-19-10-8-17(12-21(19)26-22(24)20(18)11-14)25-13-15-3-6-16(23)7-4-15;;/h3-7,9-12H,2,13H2,1H3;1H3;/q2*-1;+2. The quantitative estimate of drug-likeness (QED) is 0.151. The average Bonchev–Trinajstić information content (AvgIpc) is 2.67. The number of hydrogen-bond acceptors (Lipinski definition) is 3. The summed E-state index contributed by atoms with van der Waals surface area (Å²) in [7, 11) is 0. The van der Waals surface area contributed by atoms with Crippen LogP contribution in [0.15, 0.2) is 68.3 Å². The van der Waals surface area contributed by atoms with E-state index in [-0.39, 0.29) is 44.2 Å². The van der Waals surface area contributed by atoms with Crippen LogP contribution in [-0.2, 0) is 13.0 Å². The van der Waals surface area contributed by atoms with Crippen LogP contribution in [0, 0.1) is 44.6 Å². The summed E-state index contributed by atoms with van der Waals surface area (Å²) in [5, 5.41) is 2.34. The van der Waals surface area contributed by atoms with Crippen LogP contribution in [0.3, 0.4) is 0 Å². The Morgan fingerprint density at radius 2 is 1.71 bits per heavy atom. The van der Waals surface area contributed by atoms with Crippen molar-refractivity contribution in [2.75, 3.05) is 0 Å². The first-order valence-electron chi connectivity index (χ1n) is 8.42. The van der Waals surface area contributed by atoms with Gasteiger partial charge in [-0.2, -0.15) is 6.07 Å². The summed E-state index contributed by atoms with van der Waals surface area (Å²) in [5.41, 5.74) is 2.35. The third-order valence-electron chi connectivity index (χ3n) is 4.40. The fraction of sp³-hybridized carbons (Fsp3) is 0.130. The second kappa shape index (κ2) is 9.78. The van der Waals surface area contributed by atoms with Gasteiger partial charge in [-0.05, 0) is 35.7 Å². The van der Waals surface area contributed by atoms with E-state index in [2.05, 4.69) is 28.9 Å². The van der Waals surface area contributed by atoms with Crippen molar-refractivity contribution in [2.24, 2.45) is 0 Å². The summed E-state index contributed by atoms with van der Waals surface area (Å²) in [6.45, 7) is 2.49. The Hall–Kier alpha value is -1.54. The molecule has 4 rings (SSSR count). The fourth-order valence-corrected chi connectivity index (χ4v) is 3.21. The van der Waals surface area contributed by atoms with E-state index in [1.54, 1.807) is 6.07 Å². The van der Waals surface area contributed by atoms with Gasteiger partial charge in [0, 0.05) is 15.8 Å². The first kappa shape index (κ1) is 22.7. The molecule has 28 heavy (non-hydrogen) atoms. The number of fused-ring (bicyclic) bond motifs is 3. The number of rotatable bonds is 4. The molecular weight excluding hydrogens is 642 g/mol. The molecule has 0 spiro atoms. The van der Waals surface area contributed by atoms with E-state index in [1.165, 1.54) is 0 Å². The first-order chi connectivity index (χ1) is 12.6. The first-order valence-corrected chi connectivity index (χ1v) is 9.22. The van der Waals surface area contributed by atoms with Crippen LogP contribution in [-0.4, -0.2) is 0 Å². The molecule has 0 fully saturated rings. The number of aryl methyl sites for hydroxylation is 1. The predicted molar refractivity (Wildman–Crippen MR) is 113 cm³/mol. The van der Waals surface area contributed by atoms with Gasteiger partial charge >= 0.3 is 36.7 Å². The molecule has 0 saturated heterocycles. The molecule has 0 bridgehead atoms. The van der Waals surface area contributed by atoms with Crippen LogP contribution < -0.4 is 10.4 Å². The summed E-state index contributed by atoms with van der Waals surface area (Å²) < 4.78 is 12.3. The third-order valence-corrected chi connectivity index (χ3v) is 4.93. The molecule has 1 aromatic heterocycles. The SMILES string of the molecule is CCc1ccc2c(c1)c(=O)oc1cc(OCc3ccc(Br)cc3)[c-]cc12.[CH3-].[U+2]. The van der Waals surface area contributed by atoms with Crippen LogP contribution in [0.5, 0.6) is 5.75 Å². The molecule has 1 heterocycles. The van der Waals surface area contributed by atoms with E-state index in [0.717, 1.165) is 32.8 Å². The van der Waals surface area contributed by atoms with E-state index in [0.29, 0.717) is 23.3 Å². The smallest absolute Gasteiger partial charge is 0.515 e. The monoisotopic (exact) mass is 660 g/mol. The van der Waals surface area contributed by atoms with Gasteiger partial charge in [0.15, 0.2) is 0 Å². The van der Waals surface area contributed by atoms with Crippen LogP contribution >= 0.6 is 15.9 Å². The van der Waals surface area contributed by atoms with Gasteiger partial charge < -0.3 is 16.6 Å². The Bertz CT molecular complexity index is 1150. The number of benzene rings is 3. The molecule has 4 aromatic rings. The van der Waals surface area contributed by atoms with E-state index < -0.39 is 0 Å². The largest absolute Gasteiger partial charge is 2.00 e. The summed E-state index contributed by atoms with van der Waals surface area (Å²) >= 11 is 3.42. The van der Waals surface area contributed by atoms with Gasteiger partial charge in [-0.15, -0.1) is 6.07 Å². The maximum absolute atomic E-state index is 12.4. The molecule has 0 N–H and O–H groups in total. The maximum Gasteiger partial charge on any atom is 2.00 e. The summed E-state index contributed by atoms with van der Waals surface area (Å²) in [4.78, 5) is 12.4. The molecule has 5 heteroatoms. The summed E-state index contributed by atoms with van der Waals surface area (Å²) in [6.07, 6.45) is 0.877. The van der Waals surface area contributed by atoms with Crippen molar-refractivity contribution in [2.45, 2.75) is 20.0 Å². The minimum atomic E-state index is -0.326. The minimum Gasteiger partial charge on any atom is -0.515 e. The molecule has 0 saturated carbocycles. The van der Waals surface area contributed by atoms with Gasteiger partial charge in [0.25, 0.3) is 0 Å². The summed E-state index contributed by atoms with van der Waals surface area (Å²) in [6, 6.07) is 20.5. The Balaban J connectivity index is 0.00000140. The van der Waals surface area contributed by atoms with Crippen LogP contribution in [0.1, 0.15) is 18.1 Å². The fourth-order valence-electron chi connectivity index (χ4n) is 2.94. The molecule has 0 aliphatic rings. The van der Waals surface area contributed by atoms with Crippen LogP contribution in [0.25, 0.3) is 21.7 Å². The van der Waals surface area contributed by atoms with Crippen LogP contribution in [0.4, 0.5) is 0 Å². The molecule has 0 aliphatic heterocycles. The second-order valence-electron chi connectivity index (χ2n) is 6.11. The molecule has 0 radical (unpaired) electrons. The second-order valence-corrected chi connectivity index (χ2v) is 7.03. The Labute approximate surface area is 196 Å². The molecule has 0 aliphatic carbocycles. The number of halogens is 1. The van der Waals surface area contributed by atoms with Gasteiger partial charge in [0.1, 0.15) is 6.61 Å². The average molecular weight is 661 g/mol. The molecule has 0 amide bonds. The predicted octanol–water partition coefficient (Wildman–Crippen LogP) is 6.10. The van der Waals surface area contributed by atoms with Crippen molar-refractivity contribution >= 4 is 37.7 Å². The molecule has 0 unspecified atom stereocenters. The maximum atomic E-state index is 12.4. The normalized spacial score (nSPS) is 10.4. The zero-order valence-electron chi connectivity index (χ0n) is 15.7. The van der Waals surface area contributed by atoms with Crippen molar-refractivity contribution < 1.29 is 40.3 Å². The molecular formula is C23H19BrO3U. The van der Waals surface area contributed by atoms with E-state index >= 15 is 0 Å². The van der Waals surface area contributed by atoms with E-state index in [4.69, 9.17) is 9.15 Å². The van der Waals surface area contributed by atoms with Gasteiger partial charge in [-0.25, -0.2) is 4.79 Å². The van der Waals surface area contributed by atoms with Gasteiger partial charge in [-0.1, -0.05) is 64.0 Å². The molecule has 3 aromatic carbocycles. The van der Waals surface area contributed by atoms with Gasteiger partial charge in [0.2, 0.25) is 0 Å². The Morgan fingerprint density at radius 3 is 2.43 bits per heavy atom. The minimum absolute atomic E-state index is 0. The summed E-state index contributed by atoms with van der Waals surface area (Å²) in [5.74, 6) is 0.549. The third kappa shape index (κ3) is 4.71. The van der Waals surface area contributed by atoms with Crippen molar-refractivity contribution in [1.82, 2.24) is 0 Å². The topological polar surface area (TPSA) is 39.4 Å². The molecule has 3 nitrogen and oxygen atoms in total. The Kier molecular flexibility index (Phi) is 7.95. The zero-order valence-corrected chi connectivity index (χ0v) is 21.5. The van der Waals surface area contributed by atoms with Crippen LogP contribution in [0.2, 0.25) is 0 Å². The van der Waals surface area contributed by atoms with Gasteiger partial charge in [0.05, 0.1) is 5.39 Å². The molecule has 140 valence electrons. The van der Waals surface area contributed by atoms with E-state index in [9.17, 15) is 4.79 Å². The van der Waals surface area contributed by atoms with Crippen molar-refractivity contribution in [3.8, 4) is 5.75 Å². The number of ether oxygens (including phenoxy) is 1. The van der Waals surface area contributed by atoms with Gasteiger partial charge in [-0.3, -0.25) is 0 Å². The van der Waals surface area contributed by atoms with Crippen molar-refractivity contribution in [1.29, 1.82) is 0 Å². The van der Waals surface area contributed by atoms with E-state index in [1.807, 2.05) is 48.5 Å². The number of hydrogen-bond donors (Lipinski definition) is 0.